The quantitative estimate of drug-likeness (QED) is 0.642. The lowest BCUT2D eigenvalue weighted by atomic mass is 10.1. The predicted octanol–water partition coefficient (Wildman–Crippen LogP) is -0.609. The zero-order valence-corrected chi connectivity index (χ0v) is 11.6. The van der Waals surface area contributed by atoms with E-state index in [1.807, 2.05) is 6.26 Å². The first-order valence-corrected chi connectivity index (χ1v) is 7.46. The van der Waals surface area contributed by atoms with Crippen LogP contribution in [0, 0.1) is 0 Å². The van der Waals surface area contributed by atoms with E-state index < -0.39 is 24.5 Å². The number of nitrogen functional groups attached to an aromatic ring is 1. The van der Waals surface area contributed by atoms with Gasteiger partial charge in [0.2, 0.25) is 0 Å². The van der Waals surface area contributed by atoms with Crippen LogP contribution < -0.4 is 5.73 Å². The number of hydrogen-bond donors (Lipinski definition) is 3. The van der Waals surface area contributed by atoms with Gasteiger partial charge in [0, 0.05) is 5.75 Å². The molecule has 8 nitrogen and oxygen atoms in total. The summed E-state index contributed by atoms with van der Waals surface area (Å²) in [5, 5.41) is 20.2. The van der Waals surface area contributed by atoms with Gasteiger partial charge in [-0.05, 0) is 6.26 Å². The number of fused-ring (bicyclic) bond motifs is 1. The van der Waals surface area contributed by atoms with Crippen molar-refractivity contribution in [3.8, 4) is 0 Å². The summed E-state index contributed by atoms with van der Waals surface area (Å²) < 4.78 is 7.29. The Kier molecular flexibility index (Phi) is 3.50. The molecule has 1 fully saturated rings. The molecule has 0 spiro atoms. The summed E-state index contributed by atoms with van der Waals surface area (Å²) in [6, 6.07) is 0. The molecule has 4 atom stereocenters. The highest BCUT2D eigenvalue weighted by Gasteiger charge is 2.43. The molecule has 4 N–H and O–H groups in total. The summed E-state index contributed by atoms with van der Waals surface area (Å²) in [5.41, 5.74) is 6.64. The second-order valence-electron chi connectivity index (χ2n) is 4.58. The summed E-state index contributed by atoms with van der Waals surface area (Å²) in [7, 11) is 0. The average Bonchev–Trinajstić information content (AvgIpc) is 2.97. The van der Waals surface area contributed by atoms with Crippen LogP contribution in [0.1, 0.15) is 6.23 Å². The number of rotatable bonds is 3. The maximum Gasteiger partial charge on any atom is 0.167 e. The fourth-order valence-corrected chi connectivity index (χ4v) is 2.92. The second-order valence-corrected chi connectivity index (χ2v) is 5.50. The highest BCUT2D eigenvalue weighted by Crippen LogP contribution is 2.32. The molecule has 0 amide bonds. The number of anilines is 1. The summed E-state index contributed by atoms with van der Waals surface area (Å²) in [6.07, 6.45) is 1.58. The van der Waals surface area contributed by atoms with Crippen LogP contribution in [0.3, 0.4) is 0 Å². The van der Waals surface area contributed by atoms with Crippen molar-refractivity contribution in [1.29, 1.82) is 0 Å². The molecule has 3 heterocycles. The number of hydrogen-bond acceptors (Lipinski definition) is 8. The van der Waals surface area contributed by atoms with Gasteiger partial charge < -0.3 is 20.7 Å². The topological polar surface area (TPSA) is 119 Å². The van der Waals surface area contributed by atoms with E-state index in [-0.39, 0.29) is 5.82 Å². The second kappa shape index (κ2) is 5.17. The van der Waals surface area contributed by atoms with Gasteiger partial charge in [-0.3, -0.25) is 4.57 Å². The molecule has 1 aliphatic heterocycles. The minimum atomic E-state index is -1.04. The van der Waals surface area contributed by atoms with Gasteiger partial charge in [-0.2, -0.15) is 11.8 Å². The van der Waals surface area contributed by atoms with Crippen LogP contribution in [0.2, 0.25) is 0 Å². The molecule has 9 heteroatoms. The maximum absolute atomic E-state index is 10.1. The number of nitrogens with zero attached hydrogens (tertiary/aromatic N) is 4. The van der Waals surface area contributed by atoms with Crippen LogP contribution in [0.5, 0.6) is 0 Å². The zero-order chi connectivity index (χ0) is 14.3. The lowest BCUT2D eigenvalue weighted by Gasteiger charge is -2.16. The van der Waals surface area contributed by atoms with Gasteiger partial charge in [0.1, 0.15) is 24.1 Å². The normalized spacial score (nSPS) is 30.1. The summed E-state index contributed by atoms with van der Waals surface area (Å²) in [5.74, 6) is 0.862. The smallest absolute Gasteiger partial charge is 0.167 e. The Morgan fingerprint density at radius 3 is 2.90 bits per heavy atom. The van der Waals surface area contributed by atoms with E-state index in [1.54, 1.807) is 16.3 Å². The van der Waals surface area contributed by atoms with E-state index in [9.17, 15) is 10.2 Å². The van der Waals surface area contributed by atoms with E-state index in [0.29, 0.717) is 16.9 Å². The molecule has 1 saturated heterocycles. The van der Waals surface area contributed by atoms with Crippen LogP contribution >= 0.6 is 11.8 Å². The van der Waals surface area contributed by atoms with Crippen LogP contribution in [0.4, 0.5) is 5.82 Å². The monoisotopic (exact) mass is 298 g/mol. The molecule has 0 radical (unpaired) electrons. The third-order valence-corrected chi connectivity index (χ3v) is 3.99. The summed E-state index contributed by atoms with van der Waals surface area (Å²) >= 11 is 1.54. The fraction of sp³-hybridized carbons (Fsp3) is 0.545. The highest BCUT2D eigenvalue weighted by atomic mass is 32.2. The Morgan fingerprint density at radius 2 is 2.15 bits per heavy atom. The summed E-state index contributed by atoms with van der Waals surface area (Å²) in [4.78, 5) is 12.1. The molecule has 20 heavy (non-hydrogen) atoms. The Morgan fingerprint density at radius 1 is 1.35 bits per heavy atom. The molecule has 0 bridgehead atoms. The Bertz CT molecular complexity index is 621. The molecule has 0 saturated carbocycles. The third-order valence-electron chi connectivity index (χ3n) is 3.33. The maximum atomic E-state index is 10.1. The molecule has 0 unspecified atom stereocenters. The van der Waals surface area contributed by atoms with E-state index in [2.05, 4.69) is 15.0 Å². The molecule has 0 aromatic carbocycles. The molecule has 108 valence electrons. The van der Waals surface area contributed by atoms with Gasteiger partial charge >= 0.3 is 0 Å². The van der Waals surface area contributed by atoms with Crippen molar-refractivity contribution in [3.63, 3.8) is 0 Å². The van der Waals surface area contributed by atoms with Gasteiger partial charge in [0.05, 0.1) is 12.4 Å². The van der Waals surface area contributed by atoms with Crippen molar-refractivity contribution >= 4 is 28.7 Å². The predicted molar refractivity (Wildman–Crippen MR) is 74.0 cm³/mol. The largest absolute Gasteiger partial charge is 0.387 e. The van der Waals surface area contributed by atoms with E-state index in [1.165, 1.54) is 12.7 Å². The molecule has 0 aliphatic carbocycles. The molecule has 2 aromatic heterocycles. The minimum Gasteiger partial charge on any atom is -0.387 e. The van der Waals surface area contributed by atoms with Gasteiger partial charge in [-0.25, -0.2) is 15.0 Å². The molecule has 2 aromatic rings. The van der Waals surface area contributed by atoms with Crippen molar-refractivity contribution in [1.82, 2.24) is 19.5 Å². The van der Waals surface area contributed by atoms with Crippen LogP contribution in [-0.2, 0) is 4.74 Å². The Balaban J connectivity index is 1.97. The van der Waals surface area contributed by atoms with Crippen molar-refractivity contribution in [2.24, 2.45) is 0 Å². The Hall–Kier alpha value is -1.42. The number of ether oxygens (including phenoxy) is 1. The summed E-state index contributed by atoms with van der Waals surface area (Å²) in [6.45, 7) is 0. The van der Waals surface area contributed by atoms with Crippen LogP contribution in [0.25, 0.3) is 11.2 Å². The highest BCUT2D eigenvalue weighted by molar-refractivity contribution is 7.98. The molecule has 3 rings (SSSR count). The first-order valence-electron chi connectivity index (χ1n) is 6.07. The van der Waals surface area contributed by atoms with Gasteiger partial charge in [0.15, 0.2) is 17.7 Å². The first-order chi connectivity index (χ1) is 9.63. The number of thioether (sulfide) groups is 1. The van der Waals surface area contributed by atoms with Crippen LogP contribution in [0.15, 0.2) is 12.7 Å². The van der Waals surface area contributed by atoms with Crippen molar-refractivity contribution < 1.29 is 14.9 Å². The lowest BCUT2D eigenvalue weighted by molar-refractivity contribution is -0.0288. The molecule has 1 aliphatic rings. The SMILES string of the molecule is [13CH3]SC[C@H]1O[C@@H](n2cnc3c(N)ncnc32)[C@H](O)[C@@H]1O. The number of aromatic nitrogens is 4. The average molecular weight is 298 g/mol. The van der Waals surface area contributed by atoms with Gasteiger partial charge in [-0.15, -0.1) is 0 Å². The van der Waals surface area contributed by atoms with Crippen molar-refractivity contribution in [2.45, 2.75) is 24.5 Å². The number of imidazole rings is 1. The molecular formula is C11H15N5O3S. The zero-order valence-electron chi connectivity index (χ0n) is 10.7. The van der Waals surface area contributed by atoms with E-state index >= 15 is 0 Å². The number of aliphatic hydroxyl groups is 2. The van der Waals surface area contributed by atoms with E-state index in [4.69, 9.17) is 10.5 Å². The fourth-order valence-electron chi connectivity index (χ4n) is 2.32. The van der Waals surface area contributed by atoms with Crippen LogP contribution in [-0.4, -0.2) is 60.1 Å². The van der Waals surface area contributed by atoms with Gasteiger partial charge in [-0.1, -0.05) is 0 Å². The number of nitrogens with two attached hydrogens (primary N) is 1. The standard InChI is InChI=1S/C11H15N5O3S/c1-20-2-5-7(17)8(18)11(19-5)16-4-15-6-9(12)13-3-14-10(6)16/h3-5,7-8,11,17-18H,2H2,1H3,(H2,12,13,14)/t5-,7-,8-,11-/m1/s1/i1+1. The van der Waals surface area contributed by atoms with Crippen molar-refractivity contribution in [2.75, 3.05) is 17.7 Å². The molecular weight excluding hydrogens is 283 g/mol. The minimum absolute atomic E-state index is 0.266. The Labute approximate surface area is 119 Å². The van der Waals surface area contributed by atoms with Crippen molar-refractivity contribution in [3.05, 3.63) is 12.7 Å². The first kappa shape index (κ1) is 13.6. The third kappa shape index (κ3) is 2.03. The lowest BCUT2D eigenvalue weighted by Crippen LogP contribution is -2.32. The number of aliphatic hydroxyl groups excluding tert-OH is 2. The van der Waals surface area contributed by atoms with E-state index in [0.717, 1.165) is 0 Å². The van der Waals surface area contributed by atoms with Gasteiger partial charge in [0.25, 0.3) is 0 Å².